The number of nitrogens with zero attached hydrogens (tertiary/aromatic N) is 1. The Balaban J connectivity index is 1.65. The molecule has 34 heavy (non-hydrogen) atoms. The number of hydrogen-bond acceptors (Lipinski definition) is 7. The normalized spacial score (nSPS) is 31.5. The number of anilines is 1. The lowest BCUT2D eigenvalue weighted by Gasteiger charge is -2.34. The van der Waals surface area contributed by atoms with Crippen molar-refractivity contribution in [2.75, 3.05) is 32.2 Å². The molecular formula is C24H31BrN2O7. The summed E-state index contributed by atoms with van der Waals surface area (Å²) >= 11 is 3.62. The number of esters is 1. The SMILES string of the molecule is CCOC(=O)[C@H]1[C@@H]2OC3(CC2Br)C(C(=O)Nc2ccc(OC)cc2)N(CCCCCO)C(=O)[C@H]13. The van der Waals surface area contributed by atoms with Gasteiger partial charge in [-0.3, -0.25) is 14.4 Å². The monoisotopic (exact) mass is 538 g/mol. The highest BCUT2D eigenvalue weighted by molar-refractivity contribution is 9.09. The summed E-state index contributed by atoms with van der Waals surface area (Å²) in [5, 5.41) is 12.0. The number of carbonyl (C=O) groups excluding carboxylic acids is 3. The number of unbranched alkanes of at least 4 members (excludes halogenated alkanes) is 2. The Morgan fingerprint density at radius 1 is 1.26 bits per heavy atom. The average molecular weight is 539 g/mol. The maximum atomic E-state index is 13.7. The van der Waals surface area contributed by atoms with Gasteiger partial charge in [0, 0.05) is 23.7 Å². The van der Waals surface area contributed by atoms with Crippen molar-refractivity contribution in [3.63, 3.8) is 0 Å². The van der Waals surface area contributed by atoms with Crippen LogP contribution in [0.4, 0.5) is 5.69 Å². The highest BCUT2D eigenvalue weighted by Crippen LogP contribution is 2.60. The van der Waals surface area contributed by atoms with Gasteiger partial charge in [-0.1, -0.05) is 15.9 Å². The van der Waals surface area contributed by atoms with Crippen LogP contribution in [0, 0.1) is 11.8 Å². The molecule has 0 aliphatic carbocycles. The van der Waals surface area contributed by atoms with Crippen LogP contribution in [0.3, 0.4) is 0 Å². The van der Waals surface area contributed by atoms with E-state index in [2.05, 4.69) is 21.2 Å². The number of likely N-dealkylation sites (tertiary alicyclic amines) is 1. The van der Waals surface area contributed by atoms with E-state index in [1.165, 1.54) is 0 Å². The summed E-state index contributed by atoms with van der Waals surface area (Å²) in [6, 6.07) is 6.06. The van der Waals surface area contributed by atoms with Gasteiger partial charge in [-0.25, -0.2) is 0 Å². The molecule has 3 saturated heterocycles. The number of aliphatic hydroxyl groups is 1. The molecule has 2 N–H and O–H groups in total. The topological polar surface area (TPSA) is 114 Å². The number of amides is 2. The predicted octanol–water partition coefficient (Wildman–Crippen LogP) is 2.11. The maximum absolute atomic E-state index is 13.7. The van der Waals surface area contributed by atoms with Gasteiger partial charge in [0.1, 0.15) is 17.4 Å². The summed E-state index contributed by atoms with van der Waals surface area (Å²) in [7, 11) is 1.57. The van der Waals surface area contributed by atoms with Gasteiger partial charge in [0.25, 0.3) is 0 Å². The van der Waals surface area contributed by atoms with Crippen molar-refractivity contribution in [1.82, 2.24) is 4.90 Å². The lowest BCUT2D eigenvalue weighted by molar-refractivity contribution is -0.154. The van der Waals surface area contributed by atoms with Gasteiger partial charge in [0.05, 0.1) is 31.7 Å². The molecule has 2 bridgehead atoms. The van der Waals surface area contributed by atoms with E-state index in [-0.39, 0.29) is 29.9 Å². The second kappa shape index (κ2) is 10.2. The van der Waals surface area contributed by atoms with Gasteiger partial charge in [0.15, 0.2) is 0 Å². The van der Waals surface area contributed by atoms with Crippen LogP contribution in [-0.2, 0) is 23.9 Å². The first-order valence-electron chi connectivity index (χ1n) is 11.7. The second-order valence-corrected chi connectivity index (χ2v) is 10.1. The van der Waals surface area contributed by atoms with E-state index in [1.807, 2.05) is 0 Å². The quantitative estimate of drug-likeness (QED) is 0.266. The minimum atomic E-state index is -1.11. The number of fused-ring (bicyclic) bond motifs is 1. The van der Waals surface area contributed by atoms with Crippen molar-refractivity contribution in [2.45, 2.75) is 55.2 Å². The molecule has 9 nitrogen and oxygen atoms in total. The molecule has 2 amide bonds. The van der Waals surface area contributed by atoms with Crippen LogP contribution in [0.2, 0.25) is 0 Å². The molecule has 3 aliphatic heterocycles. The molecule has 10 heteroatoms. The van der Waals surface area contributed by atoms with Crippen molar-refractivity contribution < 1.29 is 33.7 Å². The molecule has 4 rings (SSSR count). The van der Waals surface area contributed by atoms with Crippen molar-refractivity contribution in [3.8, 4) is 5.75 Å². The highest BCUT2D eigenvalue weighted by Gasteiger charge is 2.76. The number of rotatable bonds is 10. The Morgan fingerprint density at radius 3 is 2.65 bits per heavy atom. The standard InChI is InChI=1S/C24H31BrN2O7/c1-3-33-23(31)17-18-22(30)27(11-5-4-6-12-28)20(24(18)13-16(25)19(17)34-24)21(29)26-14-7-9-15(32-2)10-8-14/h7-10,16-20,28H,3-6,11-13H2,1-2H3,(H,26,29)/t16?,17-,18+,19-,20?,24?/m1/s1. The number of halogens is 1. The number of methoxy groups -OCH3 is 1. The zero-order valence-electron chi connectivity index (χ0n) is 19.4. The molecule has 3 unspecified atom stereocenters. The van der Waals surface area contributed by atoms with Crippen LogP contribution in [0.15, 0.2) is 24.3 Å². The summed E-state index contributed by atoms with van der Waals surface area (Å²) in [5.41, 5.74) is -0.538. The van der Waals surface area contributed by atoms with E-state index in [4.69, 9.17) is 19.3 Å². The number of alkyl halides is 1. The zero-order valence-corrected chi connectivity index (χ0v) is 21.0. The molecule has 6 atom stereocenters. The van der Waals surface area contributed by atoms with Crippen LogP contribution in [-0.4, -0.2) is 77.2 Å². The molecule has 3 heterocycles. The minimum absolute atomic E-state index is 0.0723. The zero-order chi connectivity index (χ0) is 24.5. The van der Waals surface area contributed by atoms with E-state index in [0.717, 1.165) is 6.42 Å². The van der Waals surface area contributed by atoms with Gasteiger partial charge in [0.2, 0.25) is 11.8 Å². The van der Waals surface area contributed by atoms with Gasteiger partial charge in [-0.2, -0.15) is 0 Å². The summed E-state index contributed by atoms with van der Waals surface area (Å²) in [5.74, 6) is -1.94. The van der Waals surface area contributed by atoms with E-state index >= 15 is 0 Å². The van der Waals surface area contributed by atoms with E-state index < -0.39 is 35.6 Å². The number of carbonyl (C=O) groups is 3. The first-order valence-corrected chi connectivity index (χ1v) is 12.6. The van der Waals surface area contributed by atoms with Gasteiger partial charge in [-0.15, -0.1) is 0 Å². The van der Waals surface area contributed by atoms with Gasteiger partial charge < -0.3 is 29.5 Å². The number of nitrogens with one attached hydrogen (secondary N) is 1. The predicted molar refractivity (Wildman–Crippen MR) is 127 cm³/mol. The Kier molecular flexibility index (Phi) is 7.49. The smallest absolute Gasteiger partial charge is 0.312 e. The van der Waals surface area contributed by atoms with Crippen LogP contribution >= 0.6 is 15.9 Å². The van der Waals surface area contributed by atoms with E-state index in [9.17, 15) is 14.4 Å². The summed E-state index contributed by atoms with van der Waals surface area (Å²) in [4.78, 5) is 41.6. The Labute approximate surface area is 207 Å². The molecule has 1 spiro atoms. The molecule has 3 aliphatic rings. The third-order valence-corrected chi connectivity index (χ3v) is 7.86. The minimum Gasteiger partial charge on any atom is -0.497 e. The van der Waals surface area contributed by atoms with E-state index in [1.54, 1.807) is 43.2 Å². The lowest BCUT2D eigenvalue weighted by atomic mass is 9.70. The molecule has 1 aromatic carbocycles. The number of ether oxygens (including phenoxy) is 3. The molecule has 0 radical (unpaired) electrons. The summed E-state index contributed by atoms with van der Waals surface area (Å²) in [6.45, 7) is 2.34. The molecule has 186 valence electrons. The molecule has 0 saturated carbocycles. The first-order chi connectivity index (χ1) is 16.4. The largest absolute Gasteiger partial charge is 0.497 e. The van der Waals surface area contributed by atoms with Crippen LogP contribution in [0.25, 0.3) is 0 Å². The van der Waals surface area contributed by atoms with Crippen molar-refractivity contribution in [2.24, 2.45) is 11.8 Å². The summed E-state index contributed by atoms with van der Waals surface area (Å²) in [6.07, 6.45) is 1.88. The van der Waals surface area contributed by atoms with Crippen LogP contribution in [0.5, 0.6) is 5.75 Å². The summed E-state index contributed by atoms with van der Waals surface area (Å²) < 4.78 is 16.9. The highest BCUT2D eigenvalue weighted by atomic mass is 79.9. The Bertz CT molecular complexity index is 926. The number of benzene rings is 1. The molecule has 0 aromatic heterocycles. The fourth-order valence-corrected chi connectivity index (χ4v) is 6.58. The van der Waals surface area contributed by atoms with Gasteiger partial charge >= 0.3 is 5.97 Å². The maximum Gasteiger partial charge on any atom is 0.312 e. The van der Waals surface area contributed by atoms with Crippen molar-refractivity contribution in [3.05, 3.63) is 24.3 Å². The van der Waals surface area contributed by atoms with Crippen LogP contribution < -0.4 is 10.1 Å². The Morgan fingerprint density at radius 2 is 2.00 bits per heavy atom. The molecular weight excluding hydrogens is 508 g/mol. The Hall–Kier alpha value is -2.17. The number of aliphatic hydroxyl groups excluding tert-OH is 1. The number of hydrogen-bond donors (Lipinski definition) is 2. The van der Waals surface area contributed by atoms with Gasteiger partial charge in [-0.05, 0) is 56.9 Å². The first kappa shape index (κ1) is 24.9. The fourth-order valence-electron chi connectivity index (χ4n) is 5.63. The third kappa shape index (κ3) is 4.20. The van der Waals surface area contributed by atoms with Crippen molar-refractivity contribution >= 4 is 39.4 Å². The fraction of sp³-hybridized carbons (Fsp3) is 0.625. The van der Waals surface area contributed by atoms with Crippen molar-refractivity contribution in [1.29, 1.82) is 0 Å². The average Bonchev–Trinajstić information content (AvgIpc) is 3.41. The van der Waals surface area contributed by atoms with E-state index in [0.29, 0.717) is 37.2 Å². The third-order valence-electron chi connectivity index (χ3n) is 7.01. The van der Waals surface area contributed by atoms with Crippen LogP contribution in [0.1, 0.15) is 32.6 Å². The molecule has 1 aromatic rings. The molecule has 3 fully saturated rings. The lowest BCUT2D eigenvalue weighted by Crippen LogP contribution is -2.54. The second-order valence-electron chi connectivity index (χ2n) is 8.95.